The van der Waals surface area contributed by atoms with Crippen LogP contribution in [0.5, 0.6) is 0 Å². The van der Waals surface area contributed by atoms with Gasteiger partial charge in [-0.05, 0) is 23.6 Å². The van der Waals surface area contributed by atoms with Gasteiger partial charge in [-0.3, -0.25) is 0 Å². The van der Waals surface area contributed by atoms with E-state index in [0.29, 0.717) is 6.61 Å². The first-order chi connectivity index (χ1) is 6.10. The molecule has 84 valence electrons. The lowest BCUT2D eigenvalue weighted by atomic mass is 9.93. The summed E-state index contributed by atoms with van der Waals surface area (Å²) in [5.74, 6) is 0. The molecule has 0 bridgehead atoms. The first-order valence-corrected chi connectivity index (χ1v) is 5.78. The lowest BCUT2D eigenvalue weighted by Gasteiger charge is -2.19. The fourth-order valence-electron chi connectivity index (χ4n) is 0.720. The van der Waals surface area contributed by atoms with E-state index in [2.05, 4.69) is 20.8 Å². The maximum absolute atomic E-state index is 11.3. The topological polar surface area (TPSA) is 26.3 Å². The third kappa shape index (κ3) is 9.90. The van der Waals surface area contributed by atoms with E-state index >= 15 is 0 Å². The molecular weight excluding hydrogens is 196 g/mol. The smallest absolute Gasteiger partial charge is 0.367 e. The lowest BCUT2D eigenvalue weighted by molar-refractivity contribution is 0.157. The molecule has 0 fully saturated rings. The van der Waals surface area contributed by atoms with Crippen LogP contribution in [0.4, 0.5) is 4.79 Å². The maximum atomic E-state index is 11.3. The van der Waals surface area contributed by atoms with Crippen molar-refractivity contribution >= 4 is 17.1 Å². The van der Waals surface area contributed by atoms with E-state index in [9.17, 15) is 4.79 Å². The maximum Gasteiger partial charge on any atom is 0.367 e. The molecule has 0 N–H and O–H groups in total. The Morgan fingerprint density at radius 3 is 2.00 bits per heavy atom. The van der Waals surface area contributed by atoms with E-state index in [0.717, 1.165) is 6.42 Å². The normalized spacial score (nSPS) is 12.7. The predicted molar refractivity (Wildman–Crippen MR) is 62.8 cm³/mol. The van der Waals surface area contributed by atoms with Gasteiger partial charge in [-0.2, -0.15) is 0 Å². The molecule has 0 unspecified atom stereocenters. The largest absolute Gasteiger partial charge is 0.458 e. The van der Waals surface area contributed by atoms with Crippen molar-refractivity contribution in [3.8, 4) is 0 Å². The molecular formula is C11H22O2S. The van der Waals surface area contributed by atoms with E-state index in [1.165, 1.54) is 11.8 Å². The highest BCUT2D eigenvalue weighted by Crippen LogP contribution is 2.26. The monoisotopic (exact) mass is 218 g/mol. The molecule has 14 heavy (non-hydrogen) atoms. The highest BCUT2D eigenvalue weighted by atomic mass is 32.2. The van der Waals surface area contributed by atoms with Crippen LogP contribution < -0.4 is 0 Å². The fourth-order valence-corrected chi connectivity index (χ4v) is 1.36. The Hall–Kier alpha value is -0.180. The van der Waals surface area contributed by atoms with Crippen LogP contribution in [0.3, 0.4) is 0 Å². The van der Waals surface area contributed by atoms with Crippen molar-refractivity contribution in [3.63, 3.8) is 0 Å². The minimum Gasteiger partial charge on any atom is -0.458 e. The van der Waals surface area contributed by atoms with Crippen LogP contribution in [-0.2, 0) is 4.74 Å². The summed E-state index contributed by atoms with van der Waals surface area (Å²) in [6.07, 6.45) is 0.906. The van der Waals surface area contributed by atoms with E-state index in [-0.39, 0.29) is 15.5 Å². The second kappa shape index (κ2) is 5.06. The van der Waals surface area contributed by atoms with Gasteiger partial charge in [-0.25, -0.2) is 4.79 Å². The average molecular weight is 218 g/mol. The molecule has 0 aliphatic carbocycles. The Balaban J connectivity index is 3.66. The second-order valence-corrected chi connectivity index (χ2v) is 7.39. The van der Waals surface area contributed by atoms with Crippen LogP contribution >= 0.6 is 11.8 Å². The highest BCUT2D eigenvalue weighted by molar-refractivity contribution is 8.14. The minimum atomic E-state index is -0.165. The van der Waals surface area contributed by atoms with Crippen molar-refractivity contribution < 1.29 is 9.53 Å². The summed E-state index contributed by atoms with van der Waals surface area (Å²) in [6, 6.07) is 0. The van der Waals surface area contributed by atoms with Gasteiger partial charge < -0.3 is 4.74 Å². The summed E-state index contributed by atoms with van der Waals surface area (Å²) in [5, 5.41) is -0.165. The van der Waals surface area contributed by atoms with Gasteiger partial charge in [0.25, 0.3) is 0 Å². The van der Waals surface area contributed by atoms with E-state index in [1.807, 2.05) is 20.8 Å². The van der Waals surface area contributed by atoms with Crippen LogP contribution in [0, 0.1) is 5.41 Å². The quantitative estimate of drug-likeness (QED) is 0.653. The molecule has 0 rings (SSSR count). The first kappa shape index (κ1) is 13.8. The summed E-state index contributed by atoms with van der Waals surface area (Å²) in [6.45, 7) is 12.9. The molecule has 0 heterocycles. The van der Waals surface area contributed by atoms with Gasteiger partial charge in [0, 0.05) is 4.75 Å². The van der Waals surface area contributed by atoms with Gasteiger partial charge in [0.2, 0.25) is 0 Å². The Morgan fingerprint density at radius 1 is 1.14 bits per heavy atom. The number of ether oxygens (including phenoxy) is 1. The van der Waals surface area contributed by atoms with Crippen LogP contribution in [0.15, 0.2) is 0 Å². The number of rotatable bonds is 2. The van der Waals surface area contributed by atoms with Crippen molar-refractivity contribution in [1.29, 1.82) is 0 Å². The Morgan fingerprint density at radius 2 is 1.64 bits per heavy atom. The van der Waals surface area contributed by atoms with Gasteiger partial charge in [0.1, 0.15) is 0 Å². The summed E-state index contributed by atoms with van der Waals surface area (Å²) in [7, 11) is 0. The van der Waals surface area contributed by atoms with Crippen molar-refractivity contribution in [2.45, 2.75) is 52.7 Å². The third-order valence-corrected chi connectivity index (χ3v) is 2.36. The van der Waals surface area contributed by atoms with Crippen LogP contribution in [0.2, 0.25) is 0 Å². The van der Waals surface area contributed by atoms with Crippen molar-refractivity contribution in [3.05, 3.63) is 0 Å². The number of hydrogen-bond acceptors (Lipinski definition) is 3. The zero-order chi connectivity index (χ0) is 11.4. The molecule has 0 saturated heterocycles. The molecule has 3 heteroatoms. The molecule has 2 nitrogen and oxygen atoms in total. The SMILES string of the molecule is CC(C)(C)CCOC(=O)SC(C)(C)C. The number of thioether (sulfide) groups is 1. The Bertz CT molecular complexity index is 186. The number of carbonyl (C=O) groups excluding carboxylic acids is 1. The van der Waals surface area contributed by atoms with Gasteiger partial charge >= 0.3 is 5.30 Å². The molecule has 0 aliphatic rings. The highest BCUT2D eigenvalue weighted by Gasteiger charge is 2.18. The standard InChI is InChI=1S/C11H22O2S/c1-10(2,3)7-8-13-9(12)14-11(4,5)6/h7-8H2,1-6H3. The molecule has 0 amide bonds. The molecule has 0 aromatic heterocycles. The zero-order valence-corrected chi connectivity index (χ0v) is 11.0. The lowest BCUT2D eigenvalue weighted by Crippen LogP contribution is -2.15. The van der Waals surface area contributed by atoms with Crippen molar-refractivity contribution in [1.82, 2.24) is 0 Å². The summed E-state index contributed by atoms with van der Waals surface area (Å²) < 4.78 is 5.06. The van der Waals surface area contributed by atoms with Crippen LogP contribution in [-0.4, -0.2) is 16.7 Å². The van der Waals surface area contributed by atoms with Gasteiger partial charge in [0.05, 0.1) is 6.61 Å². The van der Waals surface area contributed by atoms with E-state index < -0.39 is 0 Å². The van der Waals surface area contributed by atoms with Crippen LogP contribution in [0.1, 0.15) is 48.0 Å². The average Bonchev–Trinajstić information content (AvgIpc) is 1.78. The number of carbonyl (C=O) groups is 1. The molecule has 0 atom stereocenters. The van der Waals surface area contributed by atoms with Crippen molar-refractivity contribution in [2.24, 2.45) is 5.41 Å². The minimum absolute atomic E-state index is 0.0567. The second-order valence-electron chi connectivity index (χ2n) is 5.62. The van der Waals surface area contributed by atoms with E-state index in [1.54, 1.807) is 0 Å². The predicted octanol–water partition coefficient (Wildman–Crippen LogP) is 4.09. The molecule has 0 aromatic rings. The first-order valence-electron chi connectivity index (χ1n) is 4.96. The summed E-state index contributed by atoms with van der Waals surface area (Å²) in [5.41, 5.74) is 0.229. The summed E-state index contributed by atoms with van der Waals surface area (Å²) >= 11 is 1.25. The number of hydrogen-bond donors (Lipinski definition) is 0. The third-order valence-electron chi connectivity index (χ3n) is 1.46. The Kier molecular flexibility index (Phi) is 4.99. The molecule has 0 aliphatic heterocycles. The van der Waals surface area contributed by atoms with E-state index in [4.69, 9.17) is 4.74 Å². The van der Waals surface area contributed by atoms with Gasteiger partial charge in [-0.1, -0.05) is 41.5 Å². The Labute approximate surface area is 91.8 Å². The van der Waals surface area contributed by atoms with Gasteiger partial charge in [-0.15, -0.1) is 0 Å². The molecule has 0 radical (unpaired) electrons. The van der Waals surface area contributed by atoms with Gasteiger partial charge in [0.15, 0.2) is 0 Å². The van der Waals surface area contributed by atoms with Crippen LogP contribution in [0.25, 0.3) is 0 Å². The summed E-state index contributed by atoms with van der Waals surface area (Å²) in [4.78, 5) is 11.3. The van der Waals surface area contributed by atoms with Crippen molar-refractivity contribution in [2.75, 3.05) is 6.61 Å². The zero-order valence-electron chi connectivity index (χ0n) is 10.1. The molecule has 0 spiro atoms. The molecule has 0 aromatic carbocycles. The molecule has 0 saturated carbocycles. The fraction of sp³-hybridized carbons (Fsp3) is 0.909.